The fraction of sp³-hybridized carbons (Fsp3) is 0.545. The average Bonchev–Trinajstić information content (AvgIpc) is 2.73. The van der Waals surface area contributed by atoms with Crippen LogP contribution in [0.3, 0.4) is 0 Å². The largest absolute Gasteiger partial charge is 0.362 e. The van der Waals surface area contributed by atoms with Gasteiger partial charge in [0.15, 0.2) is 0 Å². The minimum absolute atomic E-state index is 0.0260. The molecule has 0 unspecified atom stereocenters. The van der Waals surface area contributed by atoms with E-state index >= 15 is 0 Å². The summed E-state index contributed by atoms with van der Waals surface area (Å²) in [6, 6.07) is 2.93. The Bertz CT molecular complexity index is 972. The van der Waals surface area contributed by atoms with E-state index in [1.165, 1.54) is 18.4 Å². The molecule has 1 saturated carbocycles. The van der Waals surface area contributed by atoms with Gasteiger partial charge in [-0.2, -0.15) is 4.98 Å². The lowest BCUT2D eigenvalue weighted by atomic mass is 9.90. The van der Waals surface area contributed by atoms with Crippen LogP contribution in [-0.2, 0) is 12.8 Å². The van der Waals surface area contributed by atoms with Crippen LogP contribution in [0, 0.1) is 0 Å². The van der Waals surface area contributed by atoms with Gasteiger partial charge in [0.2, 0.25) is 5.95 Å². The average molecular weight is 478 g/mol. The number of carbonyl (C=O) groups is 1. The van der Waals surface area contributed by atoms with E-state index in [-0.39, 0.29) is 22.4 Å². The van der Waals surface area contributed by atoms with Crippen molar-refractivity contribution >= 4 is 46.7 Å². The lowest BCUT2D eigenvalue weighted by Crippen LogP contribution is -2.47. The molecule has 2 amide bonds. The number of pyridine rings is 1. The fourth-order valence-electron chi connectivity index (χ4n) is 4.78. The summed E-state index contributed by atoms with van der Waals surface area (Å²) in [6.07, 6.45) is 7.75. The van der Waals surface area contributed by atoms with Gasteiger partial charge >= 0.3 is 6.03 Å². The van der Waals surface area contributed by atoms with E-state index in [0.717, 1.165) is 50.0 Å². The number of nitrogens with one attached hydrogen (secondary N) is 1. The first kappa shape index (κ1) is 22.9. The van der Waals surface area contributed by atoms with E-state index in [1.807, 2.05) is 14.1 Å². The van der Waals surface area contributed by atoms with Crippen molar-refractivity contribution in [3.63, 3.8) is 0 Å². The third-order valence-corrected chi connectivity index (χ3v) is 6.63. The highest BCUT2D eigenvalue weighted by Gasteiger charge is 2.30. The van der Waals surface area contributed by atoms with Gasteiger partial charge in [0.25, 0.3) is 0 Å². The summed E-state index contributed by atoms with van der Waals surface area (Å²) in [6.45, 7) is 0. The number of hydrogen-bond donors (Lipinski definition) is 2. The molecule has 3 N–H and O–H groups in total. The van der Waals surface area contributed by atoms with Crippen LogP contribution in [0.2, 0.25) is 10.3 Å². The summed E-state index contributed by atoms with van der Waals surface area (Å²) in [7, 11) is 4.06. The van der Waals surface area contributed by atoms with Gasteiger partial charge in [-0.1, -0.05) is 23.2 Å². The van der Waals surface area contributed by atoms with Crippen molar-refractivity contribution in [2.75, 3.05) is 29.2 Å². The molecule has 0 atom stereocenters. The van der Waals surface area contributed by atoms with E-state index in [1.54, 1.807) is 17.0 Å². The number of carbonyl (C=O) groups excluding carboxylic acids is 1. The first-order valence-corrected chi connectivity index (χ1v) is 11.8. The number of nitrogens with zero attached hydrogens (tertiary/aromatic N) is 5. The van der Waals surface area contributed by atoms with E-state index in [2.05, 4.69) is 15.2 Å². The lowest BCUT2D eigenvalue weighted by molar-refractivity contribution is 0.248. The molecule has 2 heterocycles. The second-order valence-corrected chi connectivity index (χ2v) is 9.50. The Morgan fingerprint density at radius 2 is 1.69 bits per heavy atom. The first-order chi connectivity index (χ1) is 15.3. The number of aryl methyl sites for hydroxylation is 1. The highest BCUT2D eigenvalue weighted by atomic mass is 35.5. The Kier molecular flexibility index (Phi) is 6.90. The van der Waals surface area contributed by atoms with Crippen molar-refractivity contribution in [2.24, 2.45) is 5.73 Å². The number of amides is 2. The zero-order chi connectivity index (χ0) is 22.8. The van der Waals surface area contributed by atoms with E-state index in [0.29, 0.717) is 11.6 Å². The van der Waals surface area contributed by atoms with Gasteiger partial charge in [-0.3, -0.25) is 4.90 Å². The Labute approximate surface area is 198 Å². The molecule has 0 bridgehead atoms. The van der Waals surface area contributed by atoms with Crippen molar-refractivity contribution < 1.29 is 4.79 Å². The van der Waals surface area contributed by atoms with Crippen molar-refractivity contribution in [2.45, 2.75) is 63.5 Å². The fourth-order valence-corrected chi connectivity index (χ4v) is 5.23. The monoisotopic (exact) mass is 477 g/mol. The van der Waals surface area contributed by atoms with Gasteiger partial charge in [0.1, 0.15) is 16.1 Å². The van der Waals surface area contributed by atoms with Crippen molar-refractivity contribution in [1.82, 2.24) is 15.0 Å². The summed E-state index contributed by atoms with van der Waals surface area (Å²) in [5, 5.41) is 4.00. The van der Waals surface area contributed by atoms with Gasteiger partial charge < -0.3 is 16.0 Å². The number of urea groups is 1. The van der Waals surface area contributed by atoms with Crippen LogP contribution in [0.15, 0.2) is 12.1 Å². The molecule has 2 aromatic heterocycles. The molecular formula is C22H29Cl2N7O. The van der Waals surface area contributed by atoms with E-state index in [9.17, 15) is 4.79 Å². The maximum atomic E-state index is 12.2. The number of hydrogen-bond acceptors (Lipinski definition) is 6. The highest BCUT2D eigenvalue weighted by molar-refractivity contribution is 6.33. The quantitative estimate of drug-likeness (QED) is 0.617. The summed E-state index contributed by atoms with van der Waals surface area (Å²) in [5.41, 5.74) is 8.73. The third-order valence-electron chi connectivity index (χ3n) is 6.24. The zero-order valence-electron chi connectivity index (χ0n) is 18.4. The van der Waals surface area contributed by atoms with Gasteiger partial charge in [0.05, 0.1) is 11.4 Å². The van der Waals surface area contributed by atoms with Crippen molar-refractivity contribution in [3.8, 4) is 0 Å². The predicted octanol–water partition coefficient (Wildman–Crippen LogP) is 4.43. The zero-order valence-corrected chi connectivity index (χ0v) is 20.0. The standard InChI is InChI=1S/C22H29Cl2N7O/c1-30(2)20-16-5-3-4-6-17(16)27-22(29-20)26-13-7-9-14(10-8-13)31(21(25)32)15-11-18(23)28-19(24)12-15/h11-14H,3-10H2,1-2H3,(H2,25,32)(H,26,27,29)/t13-,14+. The molecule has 2 aliphatic rings. The molecule has 8 nitrogen and oxygen atoms in total. The van der Waals surface area contributed by atoms with Gasteiger partial charge in [-0.25, -0.2) is 14.8 Å². The second-order valence-electron chi connectivity index (χ2n) is 8.73. The van der Waals surface area contributed by atoms with Crippen LogP contribution in [0.25, 0.3) is 0 Å². The molecule has 2 aromatic rings. The Hall–Kier alpha value is -2.32. The van der Waals surface area contributed by atoms with Crippen LogP contribution in [0.1, 0.15) is 49.8 Å². The number of primary amides is 1. The normalized spacial score (nSPS) is 20.4. The molecular weight excluding hydrogens is 449 g/mol. The number of aromatic nitrogens is 3. The maximum absolute atomic E-state index is 12.2. The molecule has 0 aromatic carbocycles. The summed E-state index contributed by atoms with van der Waals surface area (Å²) >= 11 is 12.1. The van der Waals surface area contributed by atoms with Gasteiger partial charge in [0, 0.05) is 31.7 Å². The van der Waals surface area contributed by atoms with Gasteiger partial charge in [-0.05, 0) is 63.5 Å². The number of rotatable bonds is 5. The molecule has 32 heavy (non-hydrogen) atoms. The first-order valence-electron chi connectivity index (χ1n) is 11.1. The predicted molar refractivity (Wildman–Crippen MR) is 129 cm³/mol. The Morgan fingerprint density at radius 3 is 2.31 bits per heavy atom. The molecule has 2 aliphatic carbocycles. The lowest BCUT2D eigenvalue weighted by Gasteiger charge is -2.36. The molecule has 10 heteroatoms. The van der Waals surface area contributed by atoms with E-state index < -0.39 is 6.03 Å². The Morgan fingerprint density at radius 1 is 1.03 bits per heavy atom. The van der Waals surface area contributed by atoms with Crippen LogP contribution in [-0.4, -0.2) is 47.2 Å². The number of fused-ring (bicyclic) bond motifs is 1. The van der Waals surface area contributed by atoms with Crippen LogP contribution in [0.5, 0.6) is 0 Å². The molecule has 172 valence electrons. The molecule has 0 aliphatic heterocycles. The molecule has 0 radical (unpaired) electrons. The SMILES string of the molecule is CN(C)c1nc(N[C@H]2CC[C@@H](N(C(N)=O)c3cc(Cl)nc(Cl)c3)CC2)nc2c1CCCC2. The van der Waals surface area contributed by atoms with E-state index in [4.69, 9.17) is 38.9 Å². The third kappa shape index (κ3) is 5.02. The number of nitrogens with two attached hydrogens (primary N) is 1. The Balaban J connectivity index is 1.45. The van der Waals surface area contributed by atoms with Crippen molar-refractivity contribution in [3.05, 3.63) is 33.7 Å². The molecule has 4 rings (SSSR count). The van der Waals surface area contributed by atoms with Crippen LogP contribution >= 0.6 is 23.2 Å². The highest BCUT2D eigenvalue weighted by Crippen LogP contribution is 2.32. The smallest absolute Gasteiger partial charge is 0.319 e. The van der Waals surface area contributed by atoms with Crippen LogP contribution in [0.4, 0.5) is 22.2 Å². The number of anilines is 3. The molecule has 0 spiro atoms. The van der Waals surface area contributed by atoms with Crippen molar-refractivity contribution in [1.29, 1.82) is 0 Å². The molecule has 0 saturated heterocycles. The topological polar surface area (TPSA) is 100 Å². The van der Waals surface area contributed by atoms with Gasteiger partial charge in [-0.15, -0.1) is 0 Å². The summed E-state index contributed by atoms with van der Waals surface area (Å²) in [4.78, 5) is 29.5. The summed E-state index contributed by atoms with van der Waals surface area (Å²) < 4.78 is 0. The second kappa shape index (κ2) is 9.67. The molecule has 1 fully saturated rings. The van der Waals surface area contributed by atoms with Crippen LogP contribution < -0.4 is 20.9 Å². The summed E-state index contributed by atoms with van der Waals surface area (Å²) in [5.74, 6) is 1.70. The minimum Gasteiger partial charge on any atom is -0.362 e. The maximum Gasteiger partial charge on any atom is 0.319 e. The minimum atomic E-state index is -0.520. The number of halogens is 2.